The Labute approximate surface area is 183 Å². The van der Waals surface area contributed by atoms with Crippen LogP contribution in [-0.4, -0.2) is 69.5 Å². The van der Waals surface area contributed by atoms with Gasteiger partial charge in [0.25, 0.3) is 0 Å². The second-order valence-electron chi connectivity index (χ2n) is 8.48. The lowest BCUT2D eigenvalue weighted by molar-refractivity contribution is -0.170. The number of carbonyl (C=O) groups is 3. The van der Waals surface area contributed by atoms with E-state index in [4.69, 9.17) is 20.4 Å². The molecule has 0 saturated heterocycles. The molecule has 0 aliphatic heterocycles. The molecule has 0 amide bonds. The van der Waals surface area contributed by atoms with Crippen LogP contribution in [0.25, 0.3) is 0 Å². The fourth-order valence-electron chi connectivity index (χ4n) is 4.02. The third-order valence-corrected chi connectivity index (χ3v) is 5.62. The Morgan fingerprint density at radius 1 is 0.968 bits per heavy atom. The first-order valence-electron chi connectivity index (χ1n) is 10.6. The maximum Gasteiger partial charge on any atom is 0.336 e. The number of aliphatic hydroxyl groups is 1. The van der Waals surface area contributed by atoms with Crippen molar-refractivity contribution < 1.29 is 34.8 Å². The first-order valence-corrected chi connectivity index (χ1v) is 10.6. The van der Waals surface area contributed by atoms with Crippen LogP contribution in [0.15, 0.2) is 30.3 Å². The zero-order chi connectivity index (χ0) is 23.4. The quantitative estimate of drug-likeness (QED) is 0.439. The van der Waals surface area contributed by atoms with E-state index in [-0.39, 0.29) is 0 Å². The van der Waals surface area contributed by atoms with Crippen LogP contribution < -0.4 is 0 Å². The van der Waals surface area contributed by atoms with Gasteiger partial charge in [-0.1, -0.05) is 49.6 Å². The van der Waals surface area contributed by atoms with Gasteiger partial charge in [-0.2, -0.15) is 0 Å². The van der Waals surface area contributed by atoms with Crippen molar-refractivity contribution in [3.05, 3.63) is 35.9 Å². The Morgan fingerprint density at radius 2 is 1.48 bits per heavy atom. The van der Waals surface area contributed by atoms with Gasteiger partial charge in [-0.05, 0) is 57.3 Å². The monoisotopic (exact) mass is 437 g/mol. The van der Waals surface area contributed by atoms with Crippen molar-refractivity contribution in [1.82, 2.24) is 4.90 Å². The lowest BCUT2D eigenvalue weighted by Gasteiger charge is -2.31. The summed E-state index contributed by atoms with van der Waals surface area (Å²) >= 11 is 0. The van der Waals surface area contributed by atoms with Gasteiger partial charge in [0.1, 0.15) is 0 Å². The highest BCUT2D eigenvalue weighted by Crippen LogP contribution is 2.38. The van der Waals surface area contributed by atoms with E-state index >= 15 is 0 Å². The van der Waals surface area contributed by atoms with Crippen molar-refractivity contribution in [3.63, 3.8) is 0 Å². The van der Waals surface area contributed by atoms with Crippen LogP contribution in [0.4, 0.5) is 0 Å². The molecular weight excluding hydrogens is 402 g/mol. The first-order chi connectivity index (χ1) is 14.5. The number of rotatable bonds is 10. The standard InChI is InChI=1S/C17H27N.C6H8O7/c1-18(2)14-13-17(15-9-5-3-6-10-15)16-11-7-4-8-12-16;7-3(8)1-6(13,5(11)12)2-4(9)10/h3,5-6,9-10,16-17H,4,7-8,11-14H2,1-2H3;13H,1-2H2,(H,7,8)(H,9,10)(H,11,12). The van der Waals surface area contributed by atoms with Crippen LogP contribution in [-0.2, 0) is 14.4 Å². The highest BCUT2D eigenvalue weighted by atomic mass is 16.4. The van der Waals surface area contributed by atoms with E-state index < -0.39 is 36.4 Å². The van der Waals surface area contributed by atoms with Crippen LogP contribution in [0.2, 0.25) is 0 Å². The third-order valence-electron chi connectivity index (χ3n) is 5.62. The normalized spacial score (nSPS) is 15.6. The highest BCUT2D eigenvalue weighted by Gasteiger charge is 2.40. The number of aliphatic carboxylic acids is 3. The molecule has 2 rings (SSSR count). The van der Waals surface area contributed by atoms with Crippen molar-refractivity contribution in [3.8, 4) is 0 Å². The second-order valence-corrected chi connectivity index (χ2v) is 8.48. The van der Waals surface area contributed by atoms with E-state index in [1.807, 2.05) is 0 Å². The number of nitrogens with zero attached hydrogens (tertiary/aromatic N) is 1. The maximum absolute atomic E-state index is 10.3. The van der Waals surface area contributed by atoms with E-state index in [2.05, 4.69) is 49.3 Å². The molecule has 1 aliphatic carbocycles. The molecule has 4 N–H and O–H groups in total. The molecule has 1 unspecified atom stereocenters. The molecule has 1 aromatic carbocycles. The third kappa shape index (κ3) is 9.93. The van der Waals surface area contributed by atoms with Crippen molar-refractivity contribution in [2.45, 2.75) is 62.9 Å². The zero-order valence-electron chi connectivity index (χ0n) is 18.4. The molecule has 0 spiro atoms. The maximum atomic E-state index is 10.3. The van der Waals surface area contributed by atoms with Gasteiger partial charge in [0.05, 0.1) is 12.8 Å². The van der Waals surface area contributed by atoms with E-state index in [0.717, 1.165) is 11.8 Å². The number of carboxylic acid groups (broad SMARTS) is 3. The smallest absolute Gasteiger partial charge is 0.336 e. The second kappa shape index (κ2) is 13.1. The molecular formula is C23H35NO7. The van der Waals surface area contributed by atoms with Crippen LogP contribution >= 0.6 is 0 Å². The molecule has 31 heavy (non-hydrogen) atoms. The average Bonchev–Trinajstić information content (AvgIpc) is 2.69. The first kappa shape index (κ1) is 26.6. The summed E-state index contributed by atoms with van der Waals surface area (Å²) in [6, 6.07) is 11.2. The van der Waals surface area contributed by atoms with Crippen molar-refractivity contribution in [1.29, 1.82) is 0 Å². The molecule has 1 saturated carbocycles. The van der Waals surface area contributed by atoms with E-state index in [0.29, 0.717) is 0 Å². The van der Waals surface area contributed by atoms with Crippen LogP contribution in [0.3, 0.4) is 0 Å². The minimum absolute atomic E-state index is 0.772. The van der Waals surface area contributed by atoms with Gasteiger partial charge in [0.2, 0.25) is 0 Å². The Hall–Kier alpha value is -2.45. The summed E-state index contributed by atoms with van der Waals surface area (Å²) in [5, 5.41) is 33.8. The summed E-state index contributed by atoms with van der Waals surface area (Å²) in [6.45, 7) is 1.20. The molecule has 0 heterocycles. The molecule has 8 nitrogen and oxygen atoms in total. The number of carboxylic acids is 3. The van der Waals surface area contributed by atoms with Crippen molar-refractivity contribution in [2.24, 2.45) is 5.92 Å². The molecule has 1 atom stereocenters. The van der Waals surface area contributed by atoms with Gasteiger partial charge < -0.3 is 25.3 Å². The highest BCUT2D eigenvalue weighted by molar-refractivity contribution is 5.88. The minimum atomic E-state index is -2.74. The Morgan fingerprint density at radius 3 is 1.90 bits per heavy atom. The van der Waals surface area contributed by atoms with E-state index in [1.54, 1.807) is 5.56 Å². The summed E-state index contributed by atoms with van der Waals surface area (Å²) in [5.41, 5.74) is -1.18. The molecule has 8 heteroatoms. The fourth-order valence-corrected chi connectivity index (χ4v) is 4.02. The van der Waals surface area contributed by atoms with Crippen LogP contribution in [0.5, 0.6) is 0 Å². The molecule has 174 valence electrons. The fraction of sp³-hybridized carbons (Fsp3) is 0.609. The Bertz CT molecular complexity index is 683. The van der Waals surface area contributed by atoms with Gasteiger partial charge in [-0.15, -0.1) is 0 Å². The van der Waals surface area contributed by atoms with Gasteiger partial charge in [-0.3, -0.25) is 9.59 Å². The van der Waals surface area contributed by atoms with Gasteiger partial charge in [0.15, 0.2) is 5.60 Å². The minimum Gasteiger partial charge on any atom is -0.481 e. The summed E-state index contributed by atoms with van der Waals surface area (Å²) < 4.78 is 0. The summed E-state index contributed by atoms with van der Waals surface area (Å²) in [5.74, 6) is -3.33. The average molecular weight is 438 g/mol. The van der Waals surface area contributed by atoms with Crippen molar-refractivity contribution in [2.75, 3.05) is 20.6 Å². The van der Waals surface area contributed by atoms with Crippen LogP contribution in [0, 0.1) is 5.92 Å². The van der Waals surface area contributed by atoms with Crippen molar-refractivity contribution >= 4 is 17.9 Å². The molecule has 0 radical (unpaired) electrons. The van der Waals surface area contributed by atoms with E-state index in [1.165, 1.54) is 45.1 Å². The SMILES string of the molecule is CN(C)CCC(c1ccccc1)C1CCCCC1.O=C(O)CC(O)(CC(=O)O)C(=O)O. The largest absolute Gasteiger partial charge is 0.481 e. The Kier molecular flexibility index (Phi) is 11.2. The predicted molar refractivity (Wildman–Crippen MR) is 116 cm³/mol. The molecule has 1 aromatic rings. The Balaban J connectivity index is 0.000000330. The lowest BCUT2D eigenvalue weighted by Crippen LogP contribution is -2.42. The number of hydrogen-bond donors (Lipinski definition) is 4. The molecule has 0 aromatic heterocycles. The summed E-state index contributed by atoms with van der Waals surface area (Å²) in [6.07, 6.45) is 6.22. The van der Waals surface area contributed by atoms with Crippen LogP contribution in [0.1, 0.15) is 62.8 Å². The van der Waals surface area contributed by atoms with Gasteiger partial charge in [0, 0.05) is 0 Å². The molecule has 1 fully saturated rings. The molecule has 1 aliphatic rings. The zero-order valence-corrected chi connectivity index (χ0v) is 18.4. The summed E-state index contributed by atoms with van der Waals surface area (Å²) in [4.78, 5) is 32.8. The van der Waals surface area contributed by atoms with Gasteiger partial charge in [-0.25, -0.2) is 4.79 Å². The molecule has 0 bridgehead atoms. The van der Waals surface area contributed by atoms with E-state index in [9.17, 15) is 14.4 Å². The van der Waals surface area contributed by atoms with Gasteiger partial charge >= 0.3 is 17.9 Å². The lowest BCUT2D eigenvalue weighted by atomic mass is 9.75. The topological polar surface area (TPSA) is 135 Å². The number of hydrogen-bond acceptors (Lipinski definition) is 5. The summed E-state index contributed by atoms with van der Waals surface area (Å²) in [7, 11) is 4.37. The number of benzene rings is 1. The predicted octanol–water partition coefficient (Wildman–Crippen LogP) is 3.05.